The molecule has 2 aliphatic rings. The van der Waals surface area contributed by atoms with E-state index in [9.17, 15) is 5.11 Å². The second kappa shape index (κ2) is 3.82. The fourth-order valence-corrected chi connectivity index (χ4v) is 4.75. The summed E-state index contributed by atoms with van der Waals surface area (Å²) in [5.74, 6) is 0.660. The van der Waals surface area contributed by atoms with Crippen molar-refractivity contribution >= 4 is 0 Å². The average Bonchev–Trinajstić information content (AvgIpc) is 2.78. The summed E-state index contributed by atoms with van der Waals surface area (Å²) in [6.45, 7) is 8.79. The van der Waals surface area contributed by atoms with Crippen LogP contribution in [0.1, 0.15) is 51.4 Å². The Morgan fingerprint density at radius 1 is 1.32 bits per heavy atom. The van der Waals surface area contributed by atoms with E-state index in [4.69, 9.17) is 0 Å². The van der Waals surface area contributed by atoms with Crippen LogP contribution in [0.3, 0.4) is 0 Å². The lowest BCUT2D eigenvalue weighted by atomic mass is 9.59. The first-order chi connectivity index (χ1) is 8.78. The Kier molecular flexibility index (Phi) is 2.63. The molecule has 1 aromatic heterocycles. The molecule has 19 heavy (non-hydrogen) atoms. The predicted octanol–water partition coefficient (Wildman–Crippen LogP) is 3.51. The minimum atomic E-state index is -0.621. The molecule has 1 aromatic rings. The van der Waals surface area contributed by atoms with Crippen molar-refractivity contribution in [3.8, 4) is 0 Å². The molecule has 0 radical (unpaired) electrons. The molecule has 2 heteroatoms. The minimum Gasteiger partial charge on any atom is -0.388 e. The van der Waals surface area contributed by atoms with Crippen LogP contribution in [0.2, 0.25) is 0 Å². The van der Waals surface area contributed by atoms with Gasteiger partial charge in [0, 0.05) is 17.8 Å². The number of hydrogen-bond acceptors (Lipinski definition) is 2. The second-order valence-electron chi connectivity index (χ2n) is 7.53. The molecule has 1 N–H and O–H groups in total. The zero-order valence-corrected chi connectivity index (χ0v) is 12.5. The van der Waals surface area contributed by atoms with E-state index in [2.05, 4.69) is 31.8 Å². The van der Waals surface area contributed by atoms with Crippen LogP contribution in [-0.2, 0) is 6.42 Å². The lowest BCUT2D eigenvalue weighted by Gasteiger charge is -2.50. The van der Waals surface area contributed by atoms with Crippen molar-refractivity contribution in [2.45, 2.75) is 59.0 Å². The molecule has 2 bridgehead atoms. The van der Waals surface area contributed by atoms with E-state index in [1.54, 1.807) is 0 Å². The number of nitrogens with zero attached hydrogens (tertiary/aromatic N) is 1. The standard InChI is InChI=1S/C17H25NO/c1-12-6-5-7-14(18-12)11-17(19)15(2,3)13-8-9-16(17,4)10-13/h5-7,13,19H,8-11H2,1-4H3/t13-,16-,17+/m1/s1. The third kappa shape index (κ3) is 1.62. The molecule has 0 spiro atoms. The van der Waals surface area contributed by atoms with Crippen LogP contribution in [0.5, 0.6) is 0 Å². The fraction of sp³-hybridized carbons (Fsp3) is 0.706. The maximum Gasteiger partial charge on any atom is 0.0809 e. The number of aliphatic hydroxyl groups is 1. The monoisotopic (exact) mass is 259 g/mol. The van der Waals surface area contributed by atoms with E-state index < -0.39 is 5.60 Å². The number of aromatic nitrogens is 1. The van der Waals surface area contributed by atoms with Crippen molar-refractivity contribution in [1.29, 1.82) is 0 Å². The van der Waals surface area contributed by atoms with Crippen LogP contribution in [-0.4, -0.2) is 15.7 Å². The van der Waals surface area contributed by atoms with Gasteiger partial charge in [-0.2, -0.15) is 0 Å². The first-order valence-electron chi connectivity index (χ1n) is 7.43. The summed E-state index contributed by atoms with van der Waals surface area (Å²) >= 11 is 0. The number of hydrogen-bond donors (Lipinski definition) is 1. The van der Waals surface area contributed by atoms with Crippen molar-refractivity contribution in [3.05, 3.63) is 29.6 Å². The van der Waals surface area contributed by atoms with E-state index in [1.165, 1.54) is 12.8 Å². The van der Waals surface area contributed by atoms with Gasteiger partial charge in [0.05, 0.1) is 5.60 Å². The molecule has 0 amide bonds. The summed E-state index contributed by atoms with van der Waals surface area (Å²) < 4.78 is 0. The summed E-state index contributed by atoms with van der Waals surface area (Å²) in [6.07, 6.45) is 4.29. The van der Waals surface area contributed by atoms with Crippen molar-refractivity contribution in [1.82, 2.24) is 4.98 Å². The van der Waals surface area contributed by atoms with Crippen molar-refractivity contribution in [3.63, 3.8) is 0 Å². The first-order valence-corrected chi connectivity index (χ1v) is 7.43. The van der Waals surface area contributed by atoms with Gasteiger partial charge in [0.2, 0.25) is 0 Å². The topological polar surface area (TPSA) is 33.1 Å². The molecule has 2 nitrogen and oxygen atoms in total. The molecule has 0 aromatic carbocycles. The number of rotatable bonds is 2. The van der Waals surface area contributed by atoms with Crippen LogP contribution in [0.4, 0.5) is 0 Å². The first kappa shape index (κ1) is 13.1. The van der Waals surface area contributed by atoms with Gasteiger partial charge in [-0.05, 0) is 55.1 Å². The molecule has 0 aliphatic heterocycles. The van der Waals surface area contributed by atoms with Gasteiger partial charge in [-0.3, -0.25) is 4.98 Å². The molecule has 3 rings (SSSR count). The zero-order valence-electron chi connectivity index (χ0n) is 12.5. The Morgan fingerprint density at radius 2 is 2.05 bits per heavy atom. The van der Waals surface area contributed by atoms with Crippen LogP contribution in [0, 0.1) is 23.7 Å². The normalized spacial score (nSPS) is 39.7. The van der Waals surface area contributed by atoms with Crippen molar-refractivity contribution in [2.24, 2.45) is 16.7 Å². The molecule has 0 saturated heterocycles. The van der Waals surface area contributed by atoms with Crippen LogP contribution < -0.4 is 0 Å². The van der Waals surface area contributed by atoms with Gasteiger partial charge in [0.15, 0.2) is 0 Å². The van der Waals surface area contributed by atoms with Crippen LogP contribution >= 0.6 is 0 Å². The molecule has 2 fully saturated rings. The molecular formula is C17H25NO. The third-order valence-electron chi connectivity index (χ3n) is 6.21. The molecule has 3 atom stereocenters. The van der Waals surface area contributed by atoms with Crippen LogP contribution in [0.15, 0.2) is 18.2 Å². The Morgan fingerprint density at radius 3 is 2.63 bits per heavy atom. The summed E-state index contributed by atoms with van der Waals surface area (Å²) in [4.78, 5) is 4.60. The van der Waals surface area contributed by atoms with Gasteiger partial charge in [0.1, 0.15) is 0 Å². The Bertz CT molecular complexity index is 503. The van der Waals surface area contributed by atoms with E-state index in [-0.39, 0.29) is 10.8 Å². The van der Waals surface area contributed by atoms with E-state index >= 15 is 0 Å². The zero-order chi connectivity index (χ0) is 13.9. The van der Waals surface area contributed by atoms with Gasteiger partial charge in [-0.1, -0.05) is 26.8 Å². The quantitative estimate of drug-likeness (QED) is 0.881. The van der Waals surface area contributed by atoms with Gasteiger partial charge >= 0.3 is 0 Å². The molecule has 0 unspecified atom stereocenters. The van der Waals surface area contributed by atoms with E-state index in [0.717, 1.165) is 17.8 Å². The molecule has 2 aliphatic carbocycles. The summed E-state index contributed by atoms with van der Waals surface area (Å²) in [5.41, 5.74) is 1.50. The number of fused-ring (bicyclic) bond motifs is 2. The van der Waals surface area contributed by atoms with E-state index in [1.807, 2.05) is 19.1 Å². The lowest BCUT2D eigenvalue weighted by molar-refractivity contribution is -0.142. The molecule has 104 valence electrons. The number of aryl methyl sites for hydroxylation is 1. The Labute approximate surface area is 116 Å². The van der Waals surface area contributed by atoms with Gasteiger partial charge < -0.3 is 5.11 Å². The van der Waals surface area contributed by atoms with Crippen LogP contribution in [0.25, 0.3) is 0 Å². The van der Waals surface area contributed by atoms with Gasteiger partial charge in [0.25, 0.3) is 0 Å². The lowest BCUT2D eigenvalue weighted by Crippen LogP contribution is -2.55. The molecular weight excluding hydrogens is 234 g/mol. The second-order valence-corrected chi connectivity index (χ2v) is 7.53. The average molecular weight is 259 g/mol. The highest BCUT2D eigenvalue weighted by Crippen LogP contribution is 2.68. The Balaban J connectivity index is 1.98. The highest BCUT2D eigenvalue weighted by molar-refractivity contribution is 5.23. The fourth-order valence-electron chi connectivity index (χ4n) is 4.75. The van der Waals surface area contributed by atoms with Gasteiger partial charge in [-0.25, -0.2) is 0 Å². The molecule has 2 saturated carbocycles. The summed E-state index contributed by atoms with van der Waals surface area (Å²) in [6, 6.07) is 6.11. The van der Waals surface area contributed by atoms with Gasteiger partial charge in [-0.15, -0.1) is 0 Å². The van der Waals surface area contributed by atoms with E-state index in [0.29, 0.717) is 12.3 Å². The largest absolute Gasteiger partial charge is 0.388 e. The SMILES string of the molecule is Cc1cccc(C[C@]2(O)C(C)(C)[C@@H]3CC[C@]2(C)C3)n1. The van der Waals surface area contributed by atoms with Crippen molar-refractivity contribution < 1.29 is 5.11 Å². The smallest absolute Gasteiger partial charge is 0.0809 e. The maximum absolute atomic E-state index is 11.5. The Hall–Kier alpha value is -0.890. The third-order valence-corrected chi connectivity index (χ3v) is 6.21. The number of pyridine rings is 1. The summed E-state index contributed by atoms with van der Waals surface area (Å²) in [7, 11) is 0. The highest BCUT2D eigenvalue weighted by atomic mass is 16.3. The summed E-state index contributed by atoms with van der Waals surface area (Å²) in [5, 5.41) is 11.5. The predicted molar refractivity (Wildman–Crippen MR) is 76.9 cm³/mol. The molecule has 1 heterocycles. The minimum absolute atomic E-state index is 0.00851. The highest BCUT2D eigenvalue weighted by Gasteiger charge is 2.68. The van der Waals surface area contributed by atoms with Crippen molar-refractivity contribution in [2.75, 3.05) is 0 Å². The maximum atomic E-state index is 11.5.